The van der Waals surface area contributed by atoms with Crippen LogP contribution in [0.3, 0.4) is 0 Å². The van der Waals surface area contributed by atoms with Gasteiger partial charge < -0.3 is 9.47 Å². The molecule has 0 saturated carbocycles. The molecule has 0 aliphatic heterocycles. The van der Waals surface area contributed by atoms with Crippen molar-refractivity contribution in [3.8, 4) is 11.5 Å². The van der Waals surface area contributed by atoms with Crippen LogP contribution < -0.4 is 4.74 Å². The minimum atomic E-state index is 0.693. The zero-order valence-electron chi connectivity index (χ0n) is 18.5. The Hall–Kier alpha value is -3.59. The lowest BCUT2D eigenvalue weighted by Gasteiger charge is -2.14. The van der Waals surface area contributed by atoms with E-state index in [4.69, 9.17) is 9.47 Å². The molecule has 0 radical (unpaired) electrons. The minimum absolute atomic E-state index is 0.693. The van der Waals surface area contributed by atoms with Gasteiger partial charge in [-0.05, 0) is 91.8 Å². The summed E-state index contributed by atoms with van der Waals surface area (Å²) in [6.45, 7) is 2.85. The number of allylic oxidation sites excluding steroid dienone is 5. The number of ether oxygens (including phenoxy) is 2. The van der Waals surface area contributed by atoms with E-state index in [0.29, 0.717) is 6.61 Å². The number of aryl methyl sites for hydroxylation is 1. The van der Waals surface area contributed by atoms with Gasteiger partial charge in [-0.1, -0.05) is 48.6 Å². The Morgan fingerprint density at radius 2 is 1.62 bits per heavy atom. The van der Waals surface area contributed by atoms with Gasteiger partial charge in [0.1, 0.15) is 17.3 Å². The van der Waals surface area contributed by atoms with E-state index in [0.717, 1.165) is 48.6 Å². The molecule has 3 heteroatoms. The monoisotopic (exact) mass is 423 g/mol. The number of hydrogen-bond acceptors (Lipinski definition) is 3. The van der Waals surface area contributed by atoms with Crippen LogP contribution in [-0.2, 0) is 11.2 Å². The molecule has 0 spiro atoms. The van der Waals surface area contributed by atoms with Gasteiger partial charge in [0.25, 0.3) is 0 Å². The SMILES string of the molecule is CC1=C(OCCCc2ccccn2)C=CC(c2ccc(Oc3ccccc3)cc2)=CCC1. The van der Waals surface area contributed by atoms with Crippen molar-refractivity contribution in [2.45, 2.75) is 32.6 Å². The molecule has 3 aromatic rings. The van der Waals surface area contributed by atoms with Crippen LogP contribution in [0, 0.1) is 0 Å². The highest BCUT2D eigenvalue weighted by molar-refractivity contribution is 5.75. The van der Waals surface area contributed by atoms with E-state index < -0.39 is 0 Å². The molecule has 2 aromatic carbocycles. The Kier molecular flexibility index (Phi) is 7.54. The lowest BCUT2D eigenvalue weighted by Crippen LogP contribution is -2.00. The van der Waals surface area contributed by atoms with E-state index in [9.17, 15) is 0 Å². The molecule has 0 unspecified atom stereocenters. The summed E-state index contributed by atoms with van der Waals surface area (Å²) in [4.78, 5) is 4.38. The van der Waals surface area contributed by atoms with Crippen LogP contribution in [0.5, 0.6) is 11.5 Å². The Morgan fingerprint density at radius 1 is 0.844 bits per heavy atom. The van der Waals surface area contributed by atoms with Crippen LogP contribution in [-0.4, -0.2) is 11.6 Å². The van der Waals surface area contributed by atoms with Gasteiger partial charge in [-0.25, -0.2) is 0 Å². The molecule has 1 aromatic heterocycles. The molecule has 162 valence electrons. The number of aromatic nitrogens is 1. The Balaban J connectivity index is 1.35. The van der Waals surface area contributed by atoms with E-state index in [1.807, 2.05) is 60.8 Å². The van der Waals surface area contributed by atoms with E-state index in [2.05, 4.69) is 48.3 Å². The summed E-state index contributed by atoms with van der Waals surface area (Å²) in [7, 11) is 0. The van der Waals surface area contributed by atoms with Crippen molar-refractivity contribution in [3.05, 3.63) is 120 Å². The van der Waals surface area contributed by atoms with Crippen LogP contribution in [0.4, 0.5) is 0 Å². The molecule has 0 amide bonds. The third-order valence-corrected chi connectivity index (χ3v) is 5.45. The maximum atomic E-state index is 6.14. The molecule has 0 bridgehead atoms. The van der Waals surface area contributed by atoms with Crippen molar-refractivity contribution in [1.82, 2.24) is 4.98 Å². The van der Waals surface area contributed by atoms with Crippen molar-refractivity contribution < 1.29 is 9.47 Å². The number of pyridine rings is 1. The zero-order chi connectivity index (χ0) is 22.0. The predicted molar refractivity (Wildman–Crippen MR) is 131 cm³/mol. The number of benzene rings is 2. The largest absolute Gasteiger partial charge is 0.494 e. The average molecular weight is 424 g/mol. The van der Waals surface area contributed by atoms with Gasteiger partial charge >= 0.3 is 0 Å². The highest BCUT2D eigenvalue weighted by Crippen LogP contribution is 2.27. The van der Waals surface area contributed by atoms with Crippen LogP contribution in [0.15, 0.2) is 109 Å². The van der Waals surface area contributed by atoms with E-state index in [1.54, 1.807) is 0 Å². The molecule has 4 rings (SSSR count). The van der Waals surface area contributed by atoms with Gasteiger partial charge in [0.15, 0.2) is 0 Å². The highest BCUT2D eigenvalue weighted by Gasteiger charge is 2.07. The van der Waals surface area contributed by atoms with Crippen molar-refractivity contribution in [3.63, 3.8) is 0 Å². The molecule has 3 nitrogen and oxygen atoms in total. The van der Waals surface area contributed by atoms with Gasteiger partial charge in [-0.15, -0.1) is 0 Å². The fraction of sp³-hybridized carbons (Fsp3) is 0.207. The summed E-state index contributed by atoms with van der Waals surface area (Å²) in [5.74, 6) is 2.67. The second kappa shape index (κ2) is 11.1. The second-order valence-electron chi connectivity index (χ2n) is 7.89. The third-order valence-electron chi connectivity index (χ3n) is 5.45. The standard InChI is InChI=1S/C29H29NO2/c1-23-9-7-10-24(17-20-29(23)31-22-8-12-26-11-5-6-21-30-26)25-15-18-28(19-16-25)32-27-13-3-2-4-14-27/h2-6,10-11,13-21H,7-9,12,22H2,1H3. The van der Waals surface area contributed by atoms with Crippen molar-refractivity contribution >= 4 is 5.57 Å². The van der Waals surface area contributed by atoms with Crippen LogP contribution in [0.2, 0.25) is 0 Å². The molecule has 1 aliphatic carbocycles. The fourth-order valence-electron chi connectivity index (χ4n) is 3.65. The number of para-hydroxylation sites is 1. The summed E-state index contributed by atoms with van der Waals surface area (Å²) in [5, 5.41) is 0. The molecular formula is C29H29NO2. The summed E-state index contributed by atoms with van der Waals surface area (Å²) >= 11 is 0. The first-order chi connectivity index (χ1) is 15.8. The predicted octanol–water partition coefficient (Wildman–Crippen LogP) is 7.53. The summed E-state index contributed by atoms with van der Waals surface area (Å²) in [6, 6.07) is 24.2. The van der Waals surface area contributed by atoms with Crippen molar-refractivity contribution in [1.29, 1.82) is 0 Å². The lowest BCUT2D eigenvalue weighted by molar-refractivity contribution is 0.216. The van der Waals surface area contributed by atoms with Gasteiger partial charge in [-0.2, -0.15) is 0 Å². The first kappa shape index (κ1) is 21.6. The Labute approximate surface area is 190 Å². The third kappa shape index (κ3) is 6.21. The average Bonchev–Trinajstić information content (AvgIpc) is 2.83. The highest BCUT2D eigenvalue weighted by atomic mass is 16.5. The molecule has 0 atom stereocenters. The molecular weight excluding hydrogens is 394 g/mol. The summed E-state index contributed by atoms with van der Waals surface area (Å²) < 4.78 is 12.1. The van der Waals surface area contributed by atoms with Gasteiger partial charge in [0, 0.05) is 11.9 Å². The van der Waals surface area contributed by atoms with E-state index in [-0.39, 0.29) is 0 Å². The fourth-order valence-corrected chi connectivity index (χ4v) is 3.65. The zero-order valence-corrected chi connectivity index (χ0v) is 18.5. The first-order valence-corrected chi connectivity index (χ1v) is 11.2. The van der Waals surface area contributed by atoms with Gasteiger partial charge in [0.05, 0.1) is 6.61 Å². The van der Waals surface area contributed by atoms with Gasteiger partial charge in [-0.3, -0.25) is 4.98 Å². The van der Waals surface area contributed by atoms with Crippen LogP contribution in [0.25, 0.3) is 5.57 Å². The number of hydrogen-bond donors (Lipinski definition) is 0. The van der Waals surface area contributed by atoms with Crippen molar-refractivity contribution in [2.24, 2.45) is 0 Å². The maximum absolute atomic E-state index is 6.14. The first-order valence-electron chi connectivity index (χ1n) is 11.2. The Morgan fingerprint density at radius 3 is 2.41 bits per heavy atom. The molecule has 0 fully saturated rings. The number of nitrogens with zero attached hydrogens (tertiary/aromatic N) is 1. The summed E-state index contributed by atoms with van der Waals surface area (Å²) in [5.41, 5.74) is 4.79. The second-order valence-corrected chi connectivity index (χ2v) is 7.89. The molecule has 0 saturated heterocycles. The van der Waals surface area contributed by atoms with E-state index in [1.165, 1.54) is 16.7 Å². The quantitative estimate of drug-likeness (QED) is 0.351. The smallest absolute Gasteiger partial charge is 0.127 e. The molecule has 1 aliphatic rings. The normalized spacial score (nSPS) is 13.8. The lowest BCUT2D eigenvalue weighted by atomic mass is 9.99. The van der Waals surface area contributed by atoms with E-state index >= 15 is 0 Å². The minimum Gasteiger partial charge on any atom is -0.494 e. The van der Waals surface area contributed by atoms with Crippen molar-refractivity contribution in [2.75, 3.05) is 6.61 Å². The molecule has 1 heterocycles. The Bertz CT molecular complexity index is 1080. The van der Waals surface area contributed by atoms with Crippen LogP contribution in [0.1, 0.15) is 37.4 Å². The molecule has 32 heavy (non-hydrogen) atoms. The van der Waals surface area contributed by atoms with Crippen LogP contribution >= 0.6 is 0 Å². The summed E-state index contributed by atoms with van der Waals surface area (Å²) in [6.07, 6.45) is 12.3. The maximum Gasteiger partial charge on any atom is 0.127 e. The van der Waals surface area contributed by atoms with Gasteiger partial charge in [0.2, 0.25) is 0 Å². The molecule has 0 N–H and O–H groups in total. The number of rotatable bonds is 8. The topological polar surface area (TPSA) is 31.4 Å².